The molecule has 1 saturated carbocycles. The van der Waals surface area contributed by atoms with Crippen molar-refractivity contribution < 1.29 is 0 Å². The Morgan fingerprint density at radius 2 is 2.00 bits per heavy atom. The van der Waals surface area contributed by atoms with Crippen molar-refractivity contribution >= 4 is 5.82 Å². The minimum absolute atomic E-state index is 0.639. The number of aryl methyl sites for hydroxylation is 2. The summed E-state index contributed by atoms with van der Waals surface area (Å²) < 4.78 is 0. The lowest BCUT2D eigenvalue weighted by molar-refractivity contribution is 0.165. The summed E-state index contributed by atoms with van der Waals surface area (Å²) in [6, 6.07) is 2.18. The van der Waals surface area contributed by atoms with Crippen molar-refractivity contribution in [3.05, 3.63) is 17.3 Å². The van der Waals surface area contributed by atoms with Crippen LogP contribution in [0.5, 0.6) is 0 Å². The number of aromatic nitrogens is 2. The lowest BCUT2D eigenvalue weighted by Crippen LogP contribution is -2.33. The topological polar surface area (TPSA) is 29.0 Å². The zero-order valence-electron chi connectivity index (χ0n) is 10.2. The van der Waals surface area contributed by atoms with Crippen molar-refractivity contribution in [1.29, 1.82) is 0 Å². The highest BCUT2D eigenvalue weighted by atomic mass is 15.3. The standard InChI is InChI=1S/C13H19N3/c1-10-8-12(15-14-11(10)2)16-7-6-13(9-16)4-3-5-13/h8H,3-7,9H2,1-2H3. The predicted molar refractivity (Wildman–Crippen MR) is 64.6 cm³/mol. The first-order chi connectivity index (χ1) is 7.69. The molecule has 3 nitrogen and oxygen atoms in total. The van der Waals surface area contributed by atoms with Crippen LogP contribution in [-0.2, 0) is 0 Å². The Labute approximate surface area is 96.9 Å². The maximum Gasteiger partial charge on any atom is 0.151 e. The van der Waals surface area contributed by atoms with Crippen LogP contribution in [0.4, 0.5) is 5.82 Å². The second kappa shape index (κ2) is 3.44. The fourth-order valence-corrected chi connectivity index (χ4v) is 2.90. The van der Waals surface area contributed by atoms with Crippen LogP contribution in [-0.4, -0.2) is 23.3 Å². The summed E-state index contributed by atoms with van der Waals surface area (Å²) in [4.78, 5) is 2.42. The molecule has 0 amide bonds. The van der Waals surface area contributed by atoms with Gasteiger partial charge in [0.15, 0.2) is 5.82 Å². The maximum absolute atomic E-state index is 4.32. The Morgan fingerprint density at radius 3 is 2.56 bits per heavy atom. The fraction of sp³-hybridized carbons (Fsp3) is 0.692. The Bertz CT molecular complexity index is 410. The Balaban J connectivity index is 1.80. The molecule has 1 saturated heterocycles. The lowest BCUT2D eigenvalue weighted by Gasteiger charge is -2.38. The summed E-state index contributed by atoms with van der Waals surface area (Å²) in [6.45, 7) is 6.49. The van der Waals surface area contributed by atoms with Crippen LogP contribution < -0.4 is 4.90 Å². The first kappa shape index (κ1) is 10.1. The molecule has 0 aromatic carbocycles. The van der Waals surface area contributed by atoms with E-state index in [9.17, 15) is 0 Å². The van der Waals surface area contributed by atoms with E-state index in [0.29, 0.717) is 5.41 Å². The van der Waals surface area contributed by atoms with Gasteiger partial charge in [0.25, 0.3) is 0 Å². The van der Waals surface area contributed by atoms with E-state index in [1.54, 1.807) is 0 Å². The van der Waals surface area contributed by atoms with Gasteiger partial charge in [0, 0.05) is 13.1 Å². The van der Waals surface area contributed by atoms with Gasteiger partial charge in [-0.15, -0.1) is 5.10 Å². The highest BCUT2D eigenvalue weighted by Gasteiger charge is 2.43. The number of hydrogen-bond acceptors (Lipinski definition) is 3. The molecule has 3 rings (SSSR count). The maximum atomic E-state index is 4.32. The summed E-state index contributed by atoms with van der Waals surface area (Å²) in [6.07, 6.45) is 5.61. The van der Waals surface area contributed by atoms with Gasteiger partial charge in [-0.05, 0) is 50.2 Å². The van der Waals surface area contributed by atoms with Gasteiger partial charge in [-0.1, -0.05) is 6.42 Å². The molecular formula is C13H19N3. The zero-order valence-corrected chi connectivity index (χ0v) is 10.2. The normalized spacial score (nSPS) is 22.5. The summed E-state index contributed by atoms with van der Waals surface area (Å²) >= 11 is 0. The molecule has 1 spiro atoms. The molecule has 0 bridgehead atoms. The Morgan fingerprint density at radius 1 is 1.19 bits per heavy atom. The summed E-state index contributed by atoms with van der Waals surface area (Å²) in [5.74, 6) is 1.08. The average Bonchev–Trinajstić information content (AvgIpc) is 2.66. The highest BCUT2D eigenvalue weighted by molar-refractivity contribution is 5.42. The molecule has 1 aromatic rings. The molecule has 2 heterocycles. The van der Waals surface area contributed by atoms with E-state index in [-0.39, 0.29) is 0 Å². The van der Waals surface area contributed by atoms with E-state index >= 15 is 0 Å². The molecule has 86 valence electrons. The average molecular weight is 217 g/mol. The minimum atomic E-state index is 0.639. The van der Waals surface area contributed by atoms with Gasteiger partial charge in [0.05, 0.1) is 5.69 Å². The first-order valence-corrected chi connectivity index (χ1v) is 6.24. The minimum Gasteiger partial charge on any atom is -0.355 e. The van der Waals surface area contributed by atoms with Gasteiger partial charge in [0.2, 0.25) is 0 Å². The van der Waals surface area contributed by atoms with Gasteiger partial charge in [0.1, 0.15) is 0 Å². The van der Waals surface area contributed by atoms with E-state index in [2.05, 4.69) is 28.1 Å². The van der Waals surface area contributed by atoms with Crippen LogP contribution in [0.15, 0.2) is 6.07 Å². The van der Waals surface area contributed by atoms with Crippen molar-refractivity contribution in [2.75, 3.05) is 18.0 Å². The van der Waals surface area contributed by atoms with Gasteiger partial charge < -0.3 is 4.90 Å². The van der Waals surface area contributed by atoms with Crippen molar-refractivity contribution in [2.24, 2.45) is 5.41 Å². The Kier molecular flexibility index (Phi) is 2.16. The van der Waals surface area contributed by atoms with E-state index in [4.69, 9.17) is 0 Å². The van der Waals surface area contributed by atoms with Crippen LogP contribution in [0, 0.1) is 19.3 Å². The SMILES string of the molecule is Cc1cc(N2CCC3(CCC3)C2)nnc1C. The molecule has 2 aliphatic rings. The van der Waals surface area contributed by atoms with E-state index in [1.165, 1.54) is 37.8 Å². The molecule has 1 aliphatic carbocycles. The van der Waals surface area contributed by atoms with E-state index in [0.717, 1.165) is 18.1 Å². The molecule has 2 fully saturated rings. The second-order valence-electron chi connectivity index (χ2n) is 5.50. The number of hydrogen-bond donors (Lipinski definition) is 0. The van der Waals surface area contributed by atoms with Crippen molar-refractivity contribution in [1.82, 2.24) is 10.2 Å². The molecule has 1 aliphatic heterocycles. The van der Waals surface area contributed by atoms with E-state index in [1.807, 2.05) is 6.92 Å². The molecule has 1 aromatic heterocycles. The van der Waals surface area contributed by atoms with Gasteiger partial charge in [-0.3, -0.25) is 0 Å². The third kappa shape index (κ3) is 1.49. The lowest BCUT2D eigenvalue weighted by atomic mass is 9.68. The smallest absolute Gasteiger partial charge is 0.151 e. The molecule has 0 radical (unpaired) electrons. The van der Waals surface area contributed by atoms with Gasteiger partial charge in [-0.2, -0.15) is 5.10 Å². The third-order valence-corrected chi connectivity index (χ3v) is 4.40. The Hall–Kier alpha value is -1.12. The molecule has 16 heavy (non-hydrogen) atoms. The van der Waals surface area contributed by atoms with Crippen LogP contribution in [0.1, 0.15) is 36.9 Å². The number of nitrogens with zero attached hydrogens (tertiary/aromatic N) is 3. The summed E-state index contributed by atoms with van der Waals surface area (Å²) in [7, 11) is 0. The fourth-order valence-electron chi connectivity index (χ4n) is 2.90. The molecule has 3 heteroatoms. The second-order valence-corrected chi connectivity index (χ2v) is 5.50. The first-order valence-electron chi connectivity index (χ1n) is 6.24. The zero-order chi connectivity index (χ0) is 11.2. The van der Waals surface area contributed by atoms with Crippen molar-refractivity contribution in [3.8, 4) is 0 Å². The summed E-state index contributed by atoms with van der Waals surface area (Å²) in [5, 5.41) is 8.54. The highest BCUT2D eigenvalue weighted by Crippen LogP contribution is 2.48. The number of anilines is 1. The molecule has 0 atom stereocenters. The molecule has 0 N–H and O–H groups in total. The van der Waals surface area contributed by atoms with E-state index < -0.39 is 0 Å². The molecular weight excluding hydrogens is 198 g/mol. The third-order valence-electron chi connectivity index (χ3n) is 4.40. The van der Waals surface area contributed by atoms with Crippen LogP contribution in [0.2, 0.25) is 0 Å². The van der Waals surface area contributed by atoms with Crippen molar-refractivity contribution in [2.45, 2.75) is 39.5 Å². The van der Waals surface area contributed by atoms with Crippen LogP contribution >= 0.6 is 0 Å². The molecule has 0 unspecified atom stereocenters. The quantitative estimate of drug-likeness (QED) is 0.723. The van der Waals surface area contributed by atoms with Gasteiger partial charge >= 0.3 is 0 Å². The largest absolute Gasteiger partial charge is 0.355 e. The monoisotopic (exact) mass is 217 g/mol. The van der Waals surface area contributed by atoms with Crippen LogP contribution in [0.25, 0.3) is 0 Å². The van der Waals surface area contributed by atoms with Crippen molar-refractivity contribution in [3.63, 3.8) is 0 Å². The van der Waals surface area contributed by atoms with Gasteiger partial charge in [-0.25, -0.2) is 0 Å². The predicted octanol–water partition coefficient (Wildman–Crippen LogP) is 2.47. The number of rotatable bonds is 1. The van der Waals surface area contributed by atoms with Crippen LogP contribution in [0.3, 0.4) is 0 Å². The summed E-state index contributed by atoms with van der Waals surface area (Å²) in [5.41, 5.74) is 2.93.